The third-order valence-corrected chi connectivity index (χ3v) is 4.71. The molecule has 0 aliphatic heterocycles. The third-order valence-electron chi connectivity index (χ3n) is 4.71. The first-order valence-corrected chi connectivity index (χ1v) is 10.0. The van der Waals surface area contributed by atoms with Crippen LogP contribution in [0.25, 0.3) is 0 Å². The highest BCUT2D eigenvalue weighted by molar-refractivity contribution is 5.47. The summed E-state index contributed by atoms with van der Waals surface area (Å²) in [6.07, 6.45) is -7.95. The molecule has 0 saturated heterocycles. The molecule has 0 unspecified atom stereocenters. The molecule has 3 nitrogen and oxygen atoms in total. The van der Waals surface area contributed by atoms with E-state index in [0.29, 0.717) is 16.7 Å². The van der Waals surface area contributed by atoms with Gasteiger partial charge in [-0.1, -0.05) is 36.4 Å². The molecule has 0 spiro atoms. The summed E-state index contributed by atoms with van der Waals surface area (Å²) >= 11 is 0. The van der Waals surface area contributed by atoms with Crippen LogP contribution in [0.4, 0.5) is 39.5 Å². The van der Waals surface area contributed by atoms with Crippen molar-refractivity contribution in [2.45, 2.75) is 5.92 Å². The van der Waals surface area contributed by atoms with Crippen LogP contribution in [-0.4, -0.2) is 0 Å². The normalized spacial score (nSPS) is 10.5. The van der Waals surface area contributed by atoms with Gasteiger partial charge < -0.3 is 14.2 Å². The summed E-state index contributed by atoms with van der Waals surface area (Å²) in [7, 11) is 0. The number of rotatable bonds is 9. The van der Waals surface area contributed by atoms with Gasteiger partial charge in [-0.05, 0) is 53.1 Å². The Morgan fingerprint density at radius 3 is 0.784 bits per heavy atom. The zero-order valence-electron chi connectivity index (χ0n) is 18.1. The number of hydrogen-bond donors (Lipinski definition) is 0. The van der Waals surface area contributed by atoms with E-state index in [1.54, 1.807) is 0 Å². The van der Waals surface area contributed by atoms with Gasteiger partial charge in [-0.3, -0.25) is 0 Å². The Hall–Kier alpha value is -4.35. The number of ether oxygens (including phenoxy) is 3. The standard InChI is InChI=1S/C25H13F9O3/c26-20(27)23(32)35-16-7-1-13(2-8-16)19(14-3-9-17(10-4-14)36-24(33)21(28)29)15-5-11-18(12-6-15)37-25(34)22(30)31/h1-12,19H. The fourth-order valence-corrected chi connectivity index (χ4v) is 3.19. The molecule has 0 aliphatic rings. The lowest BCUT2D eigenvalue weighted by Gasteiger charge is -2.20. The summed E-state index contributed by atoms with van der Waals surface area (Å²) in [5.41, 5.74) is 1.46. The van der Waals surface area contributed by atoms with Crippen molar-refractivity contribution in [3.05, 3.63) is 126 Å². The predicted molar refractivity (Wildman–Crippen MR) is 113 cm³/mol. The van der Waals surface area contributed by atoms with Crippen LogP contribution in [0, 0.1) is 0 Å². The second-order valence-corrected chi connectivity index (χ2v) is 7.05. The maximum Gasteiger partial charge on any atom is 0.344 e. The highest BCUT2D eigenvalue weighted by atomic mass is 19.3. The van der Waals surface area contributed by atoms with Gasteiger partial charge in [0.15, 0.2) is 0 Å². The molecule has 3 aromatic rings. The van der Waals surface area contributed by atoms with Gasteiger partial charge in [0, 0.05) is 5.92 Å². The lowest BCUT2D eigenvalue weighted by molar-refractivity contribution is 0.241. The molecule has 0 atom stereocenters. The van der Waals surface area contributed by atoms with Crippen molar-refractivity contribution in [2.75, 3.05) is 0 Å². The van der Waals surface area contributed by atoms with Gasteiger partial charge in [-0.2, -0.15) is 39.5 Å². The predicted octanol–water partition coefficient (Wildman–Crippen LogP) is 9.11. The van der Waals surface area contributed by atoms with Gasteiger partial charge in [0.05, 0.1) is 0 Å². The summed E-state index contributed by atoms with van der Waals surface area (Å²) in [4.78, 5) is 0. The van der Waals surface area contributed by atoms with Crippen molar-refractivity contribution in [2.24, 2.45) is 0 Å². The zero-order valence-corrected chi connectivity index (χ0v) is 18.1. The van der Waals surface area contributed by atoms with Gasteiger partial charge in [0.1, 0.15) is 17.2 Å². The Morgan fingerprint density at radius 2 is 0.595 bits per heavy atom. The minimum atomic E-state index is -2.65. The topological polar surface area (TPSA) is 27.7 Å². The lowest BCUT2D eigenvalue weighted by Crippen LogP contribution is -2.04. The Kier molecular flexibility index (Phi) is 8.88. The molecule has 12 heteroatoms. The van der Waals surface area contributed by atoms with Crippen LogP contribution < -0.4 is 14.2 Å². The van der Waals surface area contributed by atoms with Crippen molar-refractivity contribution < 1.29 is 53.7 Å². The van der Waals surface area contributed by atoms with Crippen LogP contribution in [-0.2, 0) is 0 Å². The zero-order chi connectivity index (χ0) is 27.1. The van der Waals surface area contributed by atoms with Crippen LogP contribution in [0.5, 0.6) is 17.2 Å². The van der Waals surface area contributed by atoms with E-state index in [9.17, 15) is 39.5 Å². The first-order chi connectivity index (χ1) is 17.5. The van der Waals surface area contributed by atoms with E-state index in [1.807, 2.05) is 0 Å². The minimum absolute atomic E-state index is 0.244. The van der Waals surface area contributed by atoms with Crippen LogP contribution in [0.3, 0.4) is 0 Å². The van der Waals surface area contributed by atoms with Crippen molar-refractivity contribution in [3.8, 4) is 17.2 Å². The van der Waals surface area contributed by atoms with E-state index in [2.05, 4.69) is 14.2 Å². The molecule has 0 radical (unpaired) electrons. The minimum Gasteiger partial charge on any atom is -0.428 e. The molecule has 0 aromatic heterocycles. The molecule has 0 amide bonds. The molecule has 0 fully saturated rings. The molecule has 37 heavy (non-hydrogen) atoms. The van der Waals surface area contributed by atoms with Gasteiger partial charge in [0.25, 0.3) is 0 Å². The molecule has 0 heterocycles. The molecule has 0 aliphatic carbocycles. The maximum atomic E-state index is 13.1. The van der Waals surface area contributed by atoms with E-state index in [4.69, 9.17) is 0 Å². The fraction of sp³-hybridized carbons (Fsp3) is 0.0400. The van der Waals surface area contributed by atoms with Crippen LogP contribution in [0.1, 0.15) is 22.6 Å². The van der Waals surface area contributed by atoms with Crippen LogP contribution >= 0.6 is 0 Å². The van der Waals surface area contributed by atoms with Crippen molar-refractivity contribution >= 4 is 0 Å². The second-order valence-electron chi connectivity index (χ2n) is 7.05. The van der Waals surface area contributed by atoms with Crippen molar-refractivity contribution in [1.82, 2.24) is 0 Å². The Labute approximate surface area is 203 Å². The Bertz CT molecular complexity index is 1140. The van der Waals surface area contributed by atoms with E-state index in [1.165, 1.54) is 72.8 Å². The SMILES string of the molecule is FC(F)=C(F)Oc1ccc(C(c2ccc(OC(F)=C(F)F)cc2)c2ccc(OC(F)=C(F)F)cc2)cc1. The quantitative estimate of drug-likeness (QED) is 0.156. The summed E-state index contributed by atoms with van der Waals surface area (Å²) < 4.78 is 126. The van der Waals surface area contributed by atoms with Gasteiger partial charge >= 0.3 is 36.3 Å². The average molecular weight is 532 g/mol. The smallest absolute Gasteiger partial charge is 0.344 e. The summed E-state index contributed by atoms with van der Waals surface area (Å²) in [6, 6.07) is 9.49. The Morgan fingerprint density at radius 1 is 0.378 bits per heavy atom. The lowest BCUT2D eigenvalue weighted by atomic mass is 9.85. The van der Waals surface area contributed by atoms with Gasteiger partial charge in [-0.15, -0.1) is 0 Å². The molecule has 3 rings (SSSR count). The molecular formula is C25H13F9O3. The largest absolute Gasteiger partial charge is 0.428 e. The average Bonchev–Trinajstić information content (AvgIpc) is 2.87. The summed E-state index contributed by atoms with van der Waals surface area (Å²) in [6.45, 7) is 0. The van der Waals surface area contributed by atoms with Gasteiger partial charge in [-0.25, -0.2) is 0 Å². The molecule has 0 bridgehead atoms. The molecule has 194 valence electrons. The van der Waals surface area contributed by atoms with Crippen molar-refractivity contribution in [3.63, 3.8) is 0 Å². The van der Waals surface area contributed by atoms with E-state index >= 15 is 0 Å². The van der Waals surface area contributed by atoms with E-state index < -0.39 is 42.2 Å². The van der Waals surface area contributed by atoms with Crippen LogP contribution in [0.15, 0.2) is 109 Å². The highest BCUT2D eigenvalue weighted by Crippen LogP contribution is 2.35. The molecule has 0 N–H and O–H groups in total. The summed E-state index contributed by atoms with van der Waals surface area (Å²) in [5.74, 6) is -1.41. The highest BCUT2D eigenvalue weighted by Gasteiger charge is 2.19. The van der Waals surface area contributed by atoms with Crippen molar-refractivity contribution in [1.29, 1.82) is 0 Å². The second kappa shape index (κ2) is 12.1. The fourth-order valence-electron chi connectivity index (χ4n) is 3.19. The number of halogens is 9. The van der Waals surface area contributed by atoms with E-state index in [0.717, 1.165) is 0 Å². The third kappa shape index (κ3) is 7.32. The monoisotopic (exact) mass is 532 g/mol. The molecule has 3 aromatic carbocycles. The molecular weight excluding hydrogens is 519 g/mol. The van der Waals surface area contributed by atoms with Gasteiger partial charge in [0.2, 0.25) is 0 Å². The summed E-state index contributed by atoms with van der Waals surface area (Å²) in [5, 5.41) is 0. The van der Waals surface area contributed by atoms with E-state index in [-0.39, 0.29) is 17.2 Å². The maximum absolute atomic E-state index is 13.1. The van der Waals surface area contributed by atoms with Crippen LogP contribution in [0.2, 0.25) is 0 Å². The molecule has 0 saturated carbocycles. The number of benzene rings is 3. The number of hydrogen-bond acceptors (Lipinski definition) is 3. The Balaban J connectivity index is 1.97. The first kappa shape index (κ1) is 27.2. The first-order valence-electron chi connectivity index (χ1n) is 10.0.